The predicted octanol–water partition coefficient (Wildman–Crippen LogP) is 1.46. The van der Waals surface area contributed by atoms with Gasteiger partial charge in [0.15, 0.2) is 5.69 Å². The van der Waals surface area contributed by atoms with Gasteiger partial charge in [-0.1, -0.05) is 12.8 Å². The van der Waals surface area contributed by atoms with Crippen molar-refractivity contribution >= 4 is 17.7 Å². The lowest BCUT2D eigenvalue weighted by Gasteiger charge is -2.44. The van der Waals surface area contributed by atoms with Gasteiger partial charge >= 0.3 is 0 Å². The maximum Gasteiger partial charge on any atom is 0.274 e. The quantitative estimate of drug-likeness (QED) is 0.799. The van der Waals surface area contributed by atoms with Crippen molar-refractivity contribution in [1.82, 2.24) is 25.1 Å². The molecule has 28 heavy (non-hydrogen) atoms. The molecule has 2 fully saturated rings. The van der Waals surface area contributed by atoms with Crippen molar-refractivity contribution in [3.8, 4) is 0 Å². The number of hydrogen-bond acceptors (Lipinski definition) is 4. The molecule has 3 amide bonds. The molecular formula is C20H29N5O3. The van der Waals surface area contributed by atoms with E-state index in [1.54, 1.807) is 9.47 Å². The summed E-state index contributed by atoms with van der Waals surface area (Å²) in [5, 5.41) is 5.97. The molecule has 1 atom stereocenters. The number of amides is 3. The Bertz CT molecular complexity index is 807. The van der Waals surface area contributed by atoms with Crippen molar-refractivity contribution < 1.29 is 14.4 Å². The van der Waals surface area contributed by atoms with Crippen LogP contribution < -0.4 is 10.6 Å². The number of carbonyl (C=O) groups excluding carboxylic acids is 3. The molecular weight excluding hydrogens is 358 g/mol. The van der Waals surface area contributed by atoms with Crippen LogP contribution in [0.5, 0.6) is 0 Å². The van der Waals surface area contributed by atoms with Gasteiger partial charge in [-0.25, -0.2) is 4.98 Å². The first kappa shape index (κ1) is 19.0. The first-order chi connectivity index (χ1) is 13.3. The second kappa shape index (κ2) is 6.90. The van der Waals surface area contributed by atoms with Gasteiger partial charge in [-0.05, 0) is 46.5 Å². The van der Waals surface area contributed by atoms with Crippen LogP contribution >= 0.6 is 0 Å². The van der Waals surface area contributed by atoms with E-state index in [2.05, 4.69) is 15.6 Å². The van der Waals surface area contributed by atoms with Gasteiger partial charge in [-0.3, -0.25) is 14.4 Å². The van der Waals surface area contributed by atoms with Gasteiger partial charge < -0.3 is 20.1 Å². The Balaban J connectivity index is 1.66. The Labute approximate surface area is 165 Å². The molecule has 0 aromatic carbocycles. The molecule has 3 aliphatic rings. The molecule has 2 N–H and O–H groups in total. The molecule has 0 saturated heterocycles. The first-order valence-corrected chi connectivity index (χ1v) is 10.3. The highest BCUT2D eigenvalue weighted by atomic mass is 16.2. The van der Waals surface area contributed by atoms with Gasteiger partial charge in [-0.15, -0.1) is 0 Å². The van der Waals surface area contributed by atoms with Gasteiger partial charge in [0, 0.05) is 18.1 Å². The first-order valence-electron chi connectivity index (χ1n) is 10.3. The average molecular weight is 387 g/mol. The lowest BCUT2D eigenvalue weighted by Crippen LogP contribution is -2.65. The van der Waals surface area contributed by atoms with Crippen molar-refractivity contribution in [1.29, 1.82) is 0 Å². The topological polar surface area (TPSA) is 96.3 Å². The standard InChI is InChI=1S/C20H29N5O3/c1-12(2)22-17(26)15-16-18(27)25(14-8-9-14)20(3,10-24(16)11-21-15)19(28)23-13-6-4-5-7-13/h11-14H,4-10H2,1-3H3,(H,22,26)(H,23,28). The van der Waals surface area contributed by atoms with Crippen molar-refractivity contribution in [2.75, 3.05) is 0 Å². The smallest absolute Gasteiger partial charge is 0.274 e. The molecule has 0 spiro atoms. The Morgan fingerprint density at radius 2 is 1.89 bits per heavy atom. The molecule has 8 heteroatoms. The van der Waals surface area contributed by atoms with Crippen LogP contribution in [0.2, 0.25) is 0 Å². The Hall–Kier alpha value is -2.38. The second-order valence-electron chi connectivity index (χ2n) is 8.83. The molecule has 2 saturated carbocycles. The van der Waals surface area contributed by atoms with E-state index < -0.39 is 5.54 Å². The zero-order valence-corrected chi connectivity index (χ0v) is 16.8. The van der Waals surface area contributed by atoms with Gasteiger partial charge in [0.25, 0.3) is 11.8 Å². The summed E-state index contributed by atoms with van der Waals surface area (Å²) in [4.78, 5) is 45.1. The van der Waals surface area contributed by atoms with E-state index in [1.165, 1.54) is 6.33 Å². The van der Waals surface area contributed by atoms with E-state index in [9.17, 15) is 14.4 Å². The summed E-state index contributed by atoms with van der Waals surface area (Å²) in [5.41, 5.74) is -0.542. The zero-order chi connectivity index (χ0) is 20.1. The van der Waals surface area contributed by atoms with Gasteiger partial charge in [0.2, 0.25) is 5.91 Å². The van der Waals surface area contributed by atoms with Crippen LogP contribution in [-0.4, -0.2) is 55.8 Å². The van der Waals surface area contributed by atoms with Crippen LogP contribution in [0.4, 0.5) is 0 Å². The number of fused-ring (bicyclic) bond motifs is 1. The second-order valence-corrected chi connectivity index (χ2v) is 8.83. The zero-order valence-electron chi connectivity index (χ0n) is 16.8. The molecule has 152 valence electrons. The fraction of sp³-hybridized carbons (Fsp3) is 0.700. The van der Waals surface area contributed by atoms with Crippen LogP contribution in [0, 0.1) is 0 Å². The highest BCUT2D eigenvalue weighted by Crippen LogP contribution is 2.39. The molecule has 1 aliphatic heterocycles. The molecule has 8 nitrogen and oxygen atoms in total. The lowest BCUT2D eigenvalue weighted by molar-refractivity contribution is -0.134. The van der Waals surface area contributed by atoms with Crippen LogP contribution in [0.1, 0.15) is 80.3 Å². The van der Waals surface area contributed by atoms with Gasteiger partial charge in [0.05, 0.1) is 12.9 Å². The Kier molecular flexibility index (Phi) is 4.67. The predicted molar refractivity (Wildman–Crippen MR) is 103 cm³/mol. The molecule has 1 unspecified atom stereocenters. The molecule has 1 aromatic heterocycles. The summed E-state index contributed by atoms with van der Waals surface area (Å²) in [6.45, 7) is 5.88. The SMILES string of the molecule is CC(C)NC(=O)c1ncn2c1C(=O)N(C1CC1)C(C)(C(=O)NC1CCCC1)C2. The monoisotopic (exact) mass is 387 g/mol. The van der Waals surface area contributed by atoms with Crippen LogP contribution in [0.3, 0.4) is 0 Å². The highest BCUT2D eigenvalue weighted by Gasteiger charge is 2.54. The number of nitrogens with one attached hydrogen (secondary N) is 2. The fourth-order valence-electron chi connectivity index (χ4n) is 4.46. The highest BCUT2D eigenvalue weighted by molar-refractivity contribution is 6.07. The van der Waals surface area contributed by atoms with Crippen LogP contribution in [0.15, 0.2) is 6.33 Å². The summed E-state index contributed by atoms with van der Waals surface area (Å²) >= 11 is 0. The van der Waals surface area contributed by atoms with Crippen molar-refractivity contribution in [3.05, 3.63) is 17.7 Å². The van der Waals surface area contributed by atoms with E-state index in [4.69, 9.17) is 0 Å². The van der Waals surface area contributed by atoms with E-state index >= 15 is 0 Å². The Morgan fingerprint density at radius 1 is 1.21 bits per heavy atom. The summed E-state index contributed by atoms with van der Waals surface area (Å²) in [5.74, 6) is -0.733. The van der Waals surface area contributed by atoms with Crippen molar-refractivity contribution in [3.63, 3.8) is 0 Å². The maximum absolute atomic E-state index is 13.4. The Morgan fingerprint density at radius 3 is 2.50 bits per heavy atom. The number of rotatable bonds is 5. The van der Waals surface area contributed by atoms with Crippen molar-refractivity contribution in [2.45, 2.75) is 89.5 Å². The number of aromatic nitrogens is 2. The number of hydrogen-bond donors (Lipinski definition) is 2. The molecule has 2 aliphatic carbocycles. The van der Waals surface area contributed by atoms with Crippen LogP contribution in [-0.2, 0) is 11.3 Å². The van der Waals surface area contributed by atoms with E-state index in [0.717, 1.165) is 38.5 Å². The van der Waals surface area contributed by atoms with E-state index in [-0.39, 0.29) is 47.2 Å². The molecule has 1 aromatic rings. The number of nitrogens with zero attached hydrogens (tertiary/aromatic N) is 3. The summed E-state index contributed by atoms with van der Waals surface area (Å²) in [6.07, 6.45) is 7.54. The number of carbonyl (C=O) groups is 3. The summed E-state index contributed by atoms with van der Waals surface area (Å²) in [6, 6.07) is 0.194. The number of imidazole rings is 1. The van der Waals surface area contributed by atoms with Crippen molar-refractivity contribution in [2.24, 2.45) is 0 Å². The van der Waals surface area contributed by atoms with Gasteiger partial charge in [-0.2, -0.15) is 0 Å². The third kappa shape index (κ3) is 3.18. The molecule has 0 bridgehead atoms. The van der Waals surface area contributed by atoms with Gasteiger partial charge in [0.1, 0.15) is 11.2 Å². The minimum Gasteiger partial charge on any atom is -0.351 e. The molecule has 4 rings (SSSR count). The molecule has 2 heterocycles. The molecule has 0 radical (unpaired) electrons. The van der Waals surface area contributed by atoms with E-state index in [1.807, 2.05) is 20.8 Å². The third-order valence-electron chi connectivity index (χ3n) is 6.00. The largest absolute Gasteiger partial charge is 0.351 e. The average Bonchev–Trinajstić information content (AvgIpc) is 3.14. The maximum atomic E-state index is 13.4. The summed E-state index contributed by atoms with van der Waals surface area (Å²) < 4.78 is 1.67. The van der Waals surface area contributed by atoms with E-state index in [0.29, 0.717) is 6.54 Å². The third-order valence-corrected chi connectivity index (χ3v) is 6.00. The minimum absolute atomic E-state index is 0.0504. The minimum atomic E-state index is -0.972. The normalized spacial score (nSPS) is 25.1. The lowest BCUT2D eigenvalue weighted by atomic mass is 9.93. The fourth-order valence-corrected chi connectivity index (χ4v) is 4.46. The summed E-state index contributed by atoms with van der Waals surface area (Å²) in [7, 11) is 0. The van der Waals surface area contributed by atoms with Crippen LogP contribution in [0.25, 0.3) is 0 Å².